The molecule has 0 bridgehead atoms. The highest BCUT2D eigenvalue weighted by Gasteiger charge is 2.67. The van der Waals surface area contributed by atoms with Crippen molar-refractivity contribution < 1.29 is 41.3 Å². The van der Waals surface area contributed by atoms with Gasteiger partial charge in [0.25, 0.3) is 16.0 Å². The summed E-state index contributed by atoms with van der Waals surface area (Å²) in [7, 11) is -3.08. The van der Waals surface area contributed by atoms with Crippen molar-refractivity contribution in [1.29, 1.82) is 0 Å². The van der Waals surface area contributed by atoms with E-state index in [1.165, 1.54) is 29.0 Å². The first-order valence-electron chi connectivity index (χ1n) is 17.2. The van der Waals surface area contributed by atoms with Gasteiger partial charge in [-0.05, 0) is 79.3 Å². The van der Waals surface area contributed by atoms with Crippen molar-refractivity contribution in [2.75, 3.05) is 18.6 Å². The number of carbonyl (C=O) groups excluding carboxylic acids is 4. The maximum absolute atomic E-state index is 15.0. The summed E-state index contributed by atoms with van der Waals surface area (Å²) in [6, 6.07) is 12.0. The number of halogens is 1. The maximum atomic E-state index is 15.0. The lowest BCUT2D eigenvalue weighted by molar-refractivity contribution is -0.146. The highest BCUT2D eigenvalue weighted by Crippen LogP contribution is 2.53. The predicted octanol–water partition coefficient (Wildman–Crippen LogP) is 5.21. The molecule has 0 aromatic heterocycles. The number of nitrogens with zero attached hydrogens (tertiary/aromatic N) is 2. The third kappa shape index (κ3) is 7.45. The summed E-state index contributed by atoms with van der Waals surface area (Å²) >= 11 is 3.30. The molecule has 3 saturated carbocycles. The van der Waals surface area contributed by atoms with E-state index in [1.54, 1.807) is 69.3 Å². The third-order valence-electron chi connectivity index (χ3n) is 10.5. The van der Waals surface area contributed by atoms with Gasteiger partial charge in [0.1, 0.15) is 18.2 Å². The van der Waals surface area contributed by atoms with Crippen molar-refractivity contribution in [3.05, 3.63) is 71.7 Å². The number of rotatable bonds is 11. The Morgan fingerprint density at radius 2 is 1.65 bits per heavy atom. The zero-order chi connectivity index (χ0) is 36.9. The summed E-state index contributed by atoms with van der Waals surface area (Å²) in [5.74, 6) is -1.17. The minimum Gasteiger partial charge on any atom is -0.467 e. The second kappa shape index (κ2) is 14.0. The topological polar surface area (TPSA) is 149 Å². The van der Waals surface area contributed by atoms with E-state index in [-0.39, 0.29) is 30.4 Å². The Labute approximate surface area is 307 Å². The van der Waals surface area contributed by atoms with Crippen LogP contribution < -0.4 is 10.2 Å². The largest absolute Gasteiger partial charge is 0.467 e. The Hall–Kier alpha value is -3.75. The van der Waals surface area contributed by atoms with Gasteiger partial charge in [0.2, 0.25) is 5.91 Å². The molecule has 4 fully saturated rings. The summed E-state index contributed by atoms with van der Waals surface area (Å²) in [5, 5.41) is 2.76. The number of methoxy groups -OCH3 is 1. The van der Waals surface area contributed by atoms with Crippen LogP contribution in [-0.2, 0) is 38.2 Å². The van der Waals surface area contributed by atoms with E-state index < -0.39 is 69.1 Å². The van der Waals surface area contributed by atoms with E-state index in [1.807, 2.05) is 0 Å². The van der Waals surface area contributed by atoms with E-state index >= 15 is 0 Å². The number of carbonyl (C=O) groups is 4. The summed E-state index contributed by atoms with van der Waals surface area (Å²) in [6.45, 7) is 8.92. The molecule has 7 atom stereocenters. The second-order valence-electron chi connectivity index (χ2n) is 15.0. The molecule has 6 rings (SSSR count). The number of nitrogens with one attached hydrogen (secondary N) is 1. The van der Waals surface area contributed by atoms with Gasteiger partial charge < -0.3 is 19.7 Å². The van der Waals surface area contributed by atoms with Crippen molar-refractivity contribution in [2.45, 2.75) is 87.6 Å². The number of alkyl carbamates (subject to hydrolysis) is 1. The van der Waals surface area contributed by atoms with Crippen LogP contribution in [0.25, 0.3) is 0 Å². The minimum absolute atomic E-state index is 0.0951. The number of ether oxygens (including phenoxy) is 2. The van der Waals surface area contributed by atoms with Crippen molar-refractivity contribution in [3.63, 3.8) is 0 Å². The molecule has 274 valence electrons. The van der Waals surface area contributed by atoms with Crippen LogP contribution in [0.4, 0.5) is 10.5 Å². The Bertz CT molecular complexity index is 1790. The first-order valence-corrected chi connectivity index (χ1v) is 19.4. The van der Waals surface area contributed by atoms with Crippen LogP contribution in [0.15, 0.2) is 76.6 Å². The number of benzene rings is 2. The van der Waals surface area contributed by atoms with Gasteiger partial charge in [-0.2, -0.15) is 8.42 Å². The summed E-state index contributed by atoms with van der Waals surface area (Å²) < 4.78 is 44.2. The number of hydrogen-bond donors (Lipinski definition) is 1. The van der Waals surface area contributed by atoms with E-state index in [0.29, 0.717) is 22.0 Å². The number of fused-ring (bicyclic) bond motifs is 1. The number of esters is 1. The van der Waals surface area contributed by atoms with Crippen molar-refractivity contribution in [3.8, 4) is 0 Å². The van der Waals surface area contributed by atoms with Crippen LogP contribution in [0.5, 0.6) is 0 Å². The Kier molecular flexibility index (Phi) is 10.2. The monoisotopic (exact) mass is 785 g/mol. The third-order valence-corrected chi connectivity index (χ3v) is 12.4. The molecule has 3 amide bonds. The lowest BCUT2D eigenvalue weighted by Crippen LogP contribution is -2.60. The maximum Gasteiger partial charge on any atom is 0.408 e. The van der Waals surface area contributed by atoms with Gasteiger partial charge >= 0.3 is 12.1 Å². The first kappa shape index (κ1) is 37.0. The molecule has 4 aliphatic rings. The van der Waals surface area contributed by atoms with Crippen molar-refractivity contribution >= 4 is 55.6 Å². The standard InChI is InChI=1S/C37H44BrN3O9S/c1-6-24-20-37(24,34(44)48-5)41(26-10-8-7-9-11-26)32(42)30-19-28(50-51(46,47)29-14-12-25(38)13-15-29)21-40(30)33(43)31(36(2,3)4)39-35(45)49-27-17-22-16-23(22)18-27/h6-15,22-24,27-28,30-31H,1,16-21H2,2-5H3,(H,39,45). The quantitative estimate of drug-likeness (QED) is 0.184. The van der Waals surface area contributed by atoms with Gasteiger partial charge in [0.05, 0.1) is 18.1 Å². The molecule has 12 nitrogen and oxygen atoms in total. The average Bonchev–Trinajstić information content (AvgIpc) is 3.91. The van der Waals surface area contributed by atoms with Crippen molar-refractivity contribution in [2.24, 2.45) is 23.2 Å². The summed E-state index contributed by atoms with van der Waals surface area (Å²) in [6.07, 6.45) is 2.29. The molecular weight excluding hydrogens is 742 g/mol. The fourth-order valence-corrected chi connectivity index (χ4v) is 8.99. The van der Waals surface area contributed by atoms with Crippen LogP contribution in [-0.4, -0.2) is 80.7 Å². The number of amides is 3. The van der Waals surface area contributed by atoms with Gasteiger partial charge in [-0.1, -0.05) is 61.0 Å². The van der Waals surface area contributed by atoms with E-state index in [2.05, 4.69) is 27.8 Å². The molecule has 0 radical (unpaired) electrons. The molecule has 3 aliphatic carbocycles. The van der Waals surface area contributed by atoms with Gasteiger partial charge in [-0.15, -0.1) is 6.58 Å². The van der Waals surface area contributed by atoms with Crippen LogP contribution in [0.1, 0.15) is 52.9 Å². The lowest BCUT2D eigenvalue weighted by atomic mass is 9.85. The molecule has 1 saturated heterocycles. The molecule has 2 aromatic rings. The summed E-state index contributed by atoms with van der Waals surface area (Å²) in [4.78, 5) is 58.8. The van der Waals surface area contributed by atoms with E-state index in [0.717, 1.165) is 19.3 Å². The fraction of sp³-hybridized carbons (Fsp3) is 0.514. The minimum atomic E-state index is -4.32. The van der Waals surface area contributed by atoms with Crippen LogP contribution in [0.2, 0.25) is 0 Å². The molecule has 1 heterocycles. The van der Waals surface area contributed by atoms with Crippen LogP contribution in [0, 0.1) is 23.2 Å². The number of para-hydroxylation sites is 1. The second-order valence-corrected chi connectivity index (χ2v) is 17.5. The Morgan fingerprint density at radius 1 is 1.00 bits per heavy atom. The van der Waals surface area contributed by atoms with E-state index in [9.17, 15) is 27.6 Å². The van der Waals surface area contributed by atoms with Crippen LogP contribution in [0.3, 0.4) is 0 Å². The smallest absolute Gasteiger partial charge is 0.408 e. The normalized spacial score (nSPS) is 28.6. The van der Waals surface area contributed by atoms with Gasteiger partial charge in [0.15, 0.2) is 5.54 Å². The highest BCUT2D eigenvalue weighted by molar-refractivity contribution is 9.10. The van der Waals surface area contributed by atoms with Crippen molar-refractivity contribution in [1.82, 2.24) is 10.2 Å². The lowest BCUT2D eigenvalue weighted by Gasteiger charge is -2.38. The van der Waals surface area contributed by atoms with Gasteiger partial charge in [0, 0.05) is 29.0 Å². The van der Waals surface area contributed by atoms with Gasteiger partial charge in [-0.25, -0.2) is 9.59 Å². The SMILES string of the molecule is C=CC1CC1(C(=O)OC)N(C(=O)C1CC(OS(=O)(=O)c2ccc(Br)cc2)CN1C(=O)C(NC(=O)OC1CC2CC2C1)C(C)(C)C)c1ccccc1. The Morgan fingerprint density at radius 3 is 2.22 bits per heavy atom. The average molecular weight is 787 g/mol. The van der Waals surface area contributed by atoms with E-state index in [4.69, 9.17) is 13.7 Å². The molecule has 1 aliphatic heterocycles. The molecule has 7 unspecified atom stereocenters. The summed E-state index contributed by atoms with van der Waals surface area (Å²) in [5.41, 5.74) is -1.89. The molecule has 51 heavy (non-hydrogen) atoms. The Balaban J connectivity index is 1.34. The predicted molar refractivity (Wildman–Crippen MR) is 191 cm³/mol. The number of anilines is 1. The number of hydrogen-bond acceptors (Lipinski definition) is 9. The highest BCUT2D eigenvalue weighted by atomic mass is 79.9. The molecule has 2 aromatic carbocycles. The fourth-order valence-electron chi connectivity index (χ4n) is 7.65. The molecule has 0 spiro atoms. The molecule has 14 heteroatoms. The molecule has 1 N–H and O–H groups in total. The number of likely N-dealkylation sites (tertiary alicyclic amines) is 1. The van der Waals surface area contributed by atoms with Crippen LogP contribution >= 0.6 is 15.9 Å². The van der Waals surface area contributed by atoms with Gasteiger partial charge in [-0.3, -0.25) is 18.7 Å². The first-order chi connectivity index (χ1) is 24.1. The molecular formula is C37H44BrN3O9S. The zero-order valence-corrected chi connectivity index (χ0v) is 31.5. The zero-order valence-electron chi connectivity index (χ0n) is 29.1.